The van der Waals surface area contributed by atoms with Crippen LogP contribution in [-0.4, -0.2) is 29.5 Å². The van der Waals surface area contributed by atoms with E-state index in [1.807, 2.05) is 17.8 Å². The Morgan fingerprint density at radius 2 is 2.24 bits per heavy atom. The highest BCUT2D eigenvalue weighted by Crippen LogP contribution is 2.34. The summed E-state index contributed by atoms with van der Waals surface area (Å²) >= 11 is 1.88. The van der Waals surface area contributed by atoms with Crippen molar-refractivity contribution in [1.82, 2.24) is 0 Å². The number of anilines is 2. The molecule has 1 aliphatic heterocycles. The molecule has 2 N–H and O–H groups in total. The van der Waals surface area contributed by atoms with Crippen molar-refractivity contribution < 1.29 is 4.92 Å². The van der Waals surface area contributed by atoms with Crippen LogP contribution in [0.15, 0.2) is 18.2 Å². The molecule has 0 spiro atoms. The third-order valence-corrected chi connectivity index (χ3v) is 3.94. The van der Waals surface area contributed by atoms with Crippen LogP contribution in [0.25, 0.3) is 0 Å². The lowest BCUT2D eigenvalue weighted by atomic mass is 10.2. The van der Waals surface area contributed by atoms with Crippen molar-refractivity contribution in [2.45, 2.75) is 12.5 Å². The molecule has 1 aromatic carbocycles. The smallest absolute Gasteiger partial charge is 0.315 e. The van der Waals surface area contributed by atoms with Crippen molar-refractivity contribution in [2.24, 2.45) is 0 Å². The van der Waals surface area contributed by atoms with Crippen molar-refractivity contribution >= 4 is 28.8 Å². The SMILES string of the molecule is CNc1cccc(NC2CCSC2)c1[N+](=O)[O-]. The molecule has 0 aromatic heterocycles. The van der Waals surface area contributed by atoms with E-state index in [-0.39, 0.29) is 10.6 Å². The number of hydrogen-bond donors (Lipinski definition) is 2. The average Bonchev–Trinajstić information content (AvgIpc) is 2.81. The second-order valence-electron chi connectivity index (χ2n) is 3.91. The van der Waals surface area contributed by atoms with Gasteiger partial charge in [-0.25, -0.2) is 0 Å². The second kappa shape index (κ2) is 5.27. The minimum absolute atomic E-state index is 0.131. The van der Waals surface area contributed by atoms with Crippen LogP contribution >= 0.6 is 11.8 Å². The molecule has 0 saturated carbocycles. The Balaban J connectivity index is 2.28. The summed E-state index contributed by atoms with van der Waals surface area (Å²) in [5, 5.41) is 17.2. The fraction of sp³-hybridized carbons (Fsp3) is 0.455. The molecule has 2 rings (SSSR count). The van der Waals surface area contributed by atoms with Crippen LogP contribution in [0.5, 0.6) is 0 Å². The molecular weight excluding hydrogens is 238 g/mol. The molecule has 92 valence electrons. The second-order valence-corrected chi connectivity index (χ2v) is 5.06. The fourth-order valence-corrected chi connectivity index (χ4v) is 3.08. The first-order valence-electron chi connectivity index (χ1n) is 5.52. The van der Waals surface area contributed by atoms with Crippen molar-refractivity contribution in [3.63, 3.8) is 0 Å². The van der Waals surface area contributed by atoms with Crippen LogP contribution in [0.4, 0.5) is 17.1 Å². The molecule has 0 bridgehead atoms. The maximum absolute atomic E-state index is 11.1. The van der Waals surface area contributed by atoms with E-state index < -0.39 is 0 Å². The summed E-state index contributed by atoms with van der Waals surface area (Å²) in [6, 6.07) is 5.64. The van der Waals surface area contributed by atoms with E-state index in [9.17, 15) is 10.1 Å². The molecule has 1 fully saturated rings. The van der Waals surface area contributed by atoms with E-state index in [0.29, 0.717) is 17.4 Å². The quantitative estimate of drug-likeness (QED) is 0.637. The van der Waals surface area contributed by atoms with Crippen LogP contribution < -0.4 is 10.6 Å². The zero-order valence-electron chi connectivity index (χ0n) is 9.60. The van der Waals surface area contributed by atoms with Gasteiger partial charge in [0.1, 0.15) is 11.4 Å². The lowest BCUT2D eigenvalue weighted by molar-refractivity contribution is -0.383. The molecule has 1 saturated heterocycles. The Morgan fingerprint density at radius 1 is 1.47 bits per heavy atom. The lowest BCUT2D eigenvalue weighted by Gasteiger charge is -2.14. The maximum Gasteiger partial charge on any atom is 0.315 e. The first-order valence-corrected chi connectivity index (χ1v) is 6.67. The van der Waals surface area contributed by atoms with Gasteiger partial charge in [0.2, 0.25) is 0 Å². The fourth-order valence-electron chi connectivity index (χ4n) is 1.93. The van der Waals surface area contributed by atoms with E-state index in [2.05, 4.69) is 10.6 Å². The normalized spacial score (nSPS) is 19.0. The van der Waals surface area contributed by atoms with Gasteiger partial charge in [-0.1, -0.05) is 6.07 Å². The zero-order chi connectivity index (χ0) is 12.3. The minimum Gasteiger partial charge on any atom is -0.382 e. The number of thioether (sulfide) groups is 1. The number of benzene rings is 1. The van der Waals surface area contributed by atoms with Gasteiger partial charge < -0.3 is 10.6 Å². The van der Waals surface area contributed by atoms with Gasteiger partial charge in [0.15, 0.2) is 0 Å². The van der Waals surface area contributed by atoms with Crippen molar-refractivity contribution in [3.8, 4) is 0 Å². The Bertz CT molecular complexity index is 419. The predicted molar refractivity (Wildman–Crippen MR) is 72.0 cm³/mol. The van der Waals surface area contributed by atoms with Crippen LogP contribution in [-0.2, 0) is 0 Å². The van der Waals surface area contributed by atoms with Gasteiger partial charge in [-0.2, -0.15) is 11.8 Å². The summed E-state index contributed by atoms with van der Waals surface area (Å²) < 4.78 is 0. The number of nitrogens with zero attached hydrogens (tertiary/aromatic N) is 1. The monoisotopic (exact) mass is 253 g/mol. The summed E-state index contributed by atoms with van der Waals surface area (Å²) in [5.74, 6) is 2.14. The maximum atomic E-state index is 11.1. The van der Waals surface area contributed by atoms with Gasteiger partial charge >= 0.3 is 5.69 Å². The van der Waals surface area contributed by atoms with Crippen LogP contribution in [0.3, 0.4) is 0 Å². The first-order chi connectivity index (χ1) is 8.22. The van der Waals surface area contributed by atoms with Crippen LogP contribution in [0.2, 0.25) is 0 Å². The molecule has 0 radical (unpaired) electrons. The molecule has 5 nitrogen and oxygen atoms in total. The Hall–Kier alpha value is -1.43. The first kappa shape index (κ1) is 12.0. The molecular formula is C11H15N3O2S. The van der Waals surface area contributed by atoms with Crippen molar-refractivity contribution in [1.29, 1.82) is 0 Å². The van der Waals surface area contributed by atoms with E-state index >= 15 is 0 Å². The molecule has 1 atom stereocenters. The van der Waals surface area contributed by atoms with Gasteiger partial charge in [0.05, 0.1) is 4.92 Å². The number of para-hydroxylation sites is 1. The lowest BCUT2D eigenvalue weighted by Crippen LogP contribution is -2.19. The van der Waals surface area contributed by atoms with Crippen LogP contribution in [0, 0.1) is 10.1 Å². The van der Waals surface area contributed by atoms with Crippen molar-refractivity contribution in [3.05, 3.63) is 28.3 Å². The minimum atomic E-state index is -0.337. The highest BCUT2D eigenvalue weighted by molar-refractivity contribution is 7.99. The van der Waals surface area contributed by atoms with E-state index in [1.54, 1.807) is 19.2 Å². The molecule has 17 heavy (non-hydrogen) atoms. The topological polar surface area (TPSA) is 67.2 Å². The molecule has 6 heteroatoms. The van der Waals surface area contributed by atoms with E-state index in [4.69, 9.17) is 0 Å². The molecule has 1 aliphatic rings. The predicted octanol–water partition coefficient (Wildman–Crippen LogP) is 2.55. The Morgan fingerprint density at radius 3 is 2.82 bits per heavy atom. The third kappa shape index (κ3) is 2.63. The van der Waals surface area contributed by atoms with E-state index in [1.165, 1.54) is 0 Å². The highest BCUT2D eigenvalue weighted by atomic mass is 32.2. The Kier molecular flexibility index (Phi) is 3.73. The molecule has 1 aromatic rings. The number of hydrogen-bond acceptors (Lipinski definition) is 5. The van der Waals surface area contributed by atoms with Gasteiger partial charge in [0, 0.05) is 18.8 Å². The molecule has 1 unspecified atom stereocenters. The van der Waals surface area contributed by atoms with Gasteiger partial charge in [-0.05, 0) is 24.3 Å². The average molecular weight is 253 g/mol. The molecule has 0 amide bonds. The molecule has 1 heterocycles. The summed E-state index contributed by atoms with van der Waals surface area (Å²) in [6.07, 6.45) is 1.06. The summed E-state index contributed by atoms with van der Waals surface area (Å²) in [4.78, 5) is 10.8. The summed E-state index contributed by atoms with van der Waals surface area (Å²) in [6.45, 7) is 0. The van der Waals surface area contributed by atoms with Gasteiger partial charge in [-0.15, -0.1) is 0 Å². The van der Waals surface area contributed by atoms with E-state index in [0.717, 1.165) is 17.9 Å². The van der Waals surface area contributed by atoms with Crippen LogP contribution in [0.1, 0.15) is 6.42 Å². The molecule has 0 aliphatic carbocycles. The number of rotatable bonds is 4. The third-order valence-electron chi connectivity index (χ3n) is 2.78. The summed E-state index contributed by atoms with van der Waals surface area (Å²) in [7, 11) is 1.69. The highest BCUT2D eigenvalue weighted by Gasteiger charge is 2.22. The number of nitrogens with one attached hydrogen (secondary N) is 2. The standard InChI is InChI=1S/C11H15N3O2S/c1-12-9-3-2-4-10(11(9)14(15)16)13-8-5-6-17-7-8/h2-4,8,12-13H,5-7H2,1H3. The van der Waals surface area contributed by atoms with Gasteiger partial charge in [-0.3, -0.25) is 10.1 Å². The Labute approximate surface area is 104 Å². The zero-order valence-corrected chi connectivity index (χ0v) is 10.4. The summed E-state index contributed by atoms with van der Waals surface area (Å²) in [5.41, 5.74) is 1.28. The number of nitro benzene ring substituents is 1. The number of nitro groups is 1. The van der Waals surface area contributed by atoms with Gasteiger partial charge in [0.25, 0.3) is 0 Å². The van der Waals surface area contributed by atoms with Crippen molar-refractivity contribution in [2.75, 3.05) is 29.2 Å². The largest absolute Gasteiger partial charge is 0.382 e.